The van der Waals surface area contributed by atoms with Crippen LogP contribution in [-0.4, -0.2) is 25.7 Å². The third kappa shape index (κ3) is 3.35. The van der Waals surface area contributed by atoms with Gasteiger partial charge in [0.2, 0.25) is 5.91 Å². The van der Waals surface area contributed by atoms with E-state index < -0.39 is 5.54 Å². The molecule has 0 radical (unpaired) electrons. The van der Waals surface area contributed by atoms with Gasteiger partial charge in [0.1, 0.15) is 11.5 Å². The van der Waals surface area contributed by atoms with Crippen LogP contribution in [-0.2, 0) is 4.79 Å². The van der Waals surface area contributed by atoms with Gasteiger partial charge in [-0.05, 0) is 26.0 Å². The van der Waals surface area contributed by atoms with Crippen molar-refractivity contribution in [1.82, 2.24) is 0 Å². The van der Waals surface area contributed by atoms with E-state index in [-0.39, 0.29) is 5.91 Å². The maximum Gasteiger partial charge on any atom is 0.243 e. The molecule has 1 aromatic rings. The van der Waals surface area contributed by atoms with E-state index in [1.165, 1.54) is 7.11 Å². The number of nitrogens with one attached hydrogen (secondary N) is 1. The minimum atomic E-state index is -0.940. The van der Waals surface area contributed by atoms with Gasteiger partial charge in [-0.25, -0.2) is 0 Å². The first-order valence-corrected chi connectivity index (χ1v) is 5.21. The van der Waals surface area contributed by atoms with Crippen LogP contribution < -0.4 is 20.5 Å². The van der Waals surface area contributed by atoms with Crippen molar-refractivity contribution < 1.29 is 14.3 Å². The third-order valence-corrected chi connectivity index (χ3v) is 2.24. The number of carbonyl (C=O) groups is 1. The van der Waals surface area contributed by atoms with Crippen LogP contribution in [0.2, 0.25) is 0 Å². The Morgan fingerprint density at radius 2 is 1.94 bits per heavy atom. The maximum absolute atomic E-state index is 11.7. The molecule has 0 fully saturated rings. The second-order valence-electron chi connectivity index (χ2n) is 4.24. The van der Waals surface area contributed by atoms with Crippen LogP contribution in [0.15, 0.2) is 18.2 Å². The summed E-state index contributed by atoms with van der Waals surface area (Å²) in [4.78, 5) is 11.7. The van der Waals surface area contributed by atoms with Crippen LogP contribution in [0.4, 0.5) is 5.69 Å². The summed E-state index contributed by atoms with van der Waals surface area (Å²) in [5, 5.41) is 2.71. The average Bonchev–Trinajstić information content (AvgIpc) is 2.28. The molecule has 0 spiro atoms. The predicted octanol–water partition coefficient (Wildman–Crippen LogP) is 1.38. The zero-order valence-electron chi connectivity index (χ0n) is 10.5. The van der Waals surface area contributed by atoms with Crippen LogP contribution in [0.5, 0.6) is 11.5 Å². The lowest BCUT2D eigenvalue weighted by atomic mass is 10.1. The lowest BCUT2D eigenvalue weighted by Gasteiger charge is -2.19. The molecule has 0 atom stereocenters. The summed E-state index contributed by atoms with van der Waals surface area (Å²) >= 11 is 0. The van der Waals surface area contributed by atoms with Crippen molar-refractivity contribution in [1.29, 1.82) is 0 Å². The summed E-state index contributed by atoms with van der Waals surface area (Å²) < 4.78 is 10.2. The van der Waals surface area contributed by atoms with Gasteiger partial charge in [-0.2, -0.15) is 0 Å². The molecule has 5 nitrogen and oxygen atoms in total. The SMILES string of the molecule is COc1ccc(NC(=O)C(C)(C)N)c(OC)c1. The molecular formula is C12H18N2O3. The number of ether oxygens (including phenoxy) is 2. The zero-order valence-corrected chi connectivity index (χ0v) is 10.5. The molecule has 94 valence electrons. The summed E-state index contributed by atoms with van der Waals surface area (Å²) in [5.74, 6) is 0.912. The second-order valence-corrected chi connectivity index (χ2v) is 4.24. The number of hydrogen-bond acceptors (Lipinski definition) is 4. The Labute approximate surface area is 101 Å². The lowest BCUT2D eigenvalue weighted by Crippen LogP contribution is -2.45. The van der Waals surface area contributed by atoms with E-state index in [4.69, 9.17) is 15.2 Å². The van der Waals surface area contributed by atoms with Crippen molar-refractivity contribution in [2.75, 3.05) is 19.5 Å². The summed E-state index contributed by atoms with van der Waals surface area (Å²) in [7, 11) is 3.09. The van der Waals surface area contributed by atoms with E-state index in [0.717, 1.165) is 0 Å². The van der Waals surface area contributed by atoms with Crippen molar-refractivity contribution in [3.8, 4) is 11.5 Å². The highest BCUT2D eigenvalue weighted by molar-refractivity contribution is 5.98. The molecule has 1 amide bonds. The summed E-state index contributed by atoms with van der Waals surface area (Å²) in [6.45, 7) is 3.27. The molecule has 0 bridgehead atoms. The fourth-order valence-electron chi connectivity index (χ4n) is 1.19. The van der Waals surface area contributed by atoms with Crippen LogP contribution in [0.25, 0.3) is 0 Å². The number of methoxy groups -OCH3 is 2. The van der Waals surface area contributed by atoms with Gasteiger partial charge in [-0.15, -0.1) is 0 Å². The predicted molar refractivity (Wildman–Crippen MR) is 66.4 cm³/mol. The molecular weight excluding hydrogens is 220 g/mol. The second kappa shape index (κ2) is 5.05. The van der Waals surface area contributed by atoms with Crippen molar-refractivity contribution in [2.24, 2.45) is 5.73 Å². The van der Waals surface area contributed by atoms with E-state index in [1.54, 1.807) is 39.2 Å². The van der Waals surface area contributed by atoms with E-state index in [9.17, 15) is 4.79 Å². The van der Waals surface area contributed by atoms with Crippen LogP contribution in [0.3, 0.4) is 0 Å². The highest BCUT2D eigenvalue weighted by atomic mass is 16.5. The molecule has 5 heteroatoms. The number of rotatable bonds is 4. The van der Waals surface area contributed by atoms with Gasteiger partial charge < -0.3 is 20.5 Å². The number of benzene rings is 1. The molecule has 17 heavy (non-hydrogen) atoms. The van der Waals surface area contributed by atoms with Gasteiger partial charge in [-0.1, -0.05) is 0 Å². The quantitative estimate of drug-likeness (QED) is 0.831. The molecule has 1 rings (SSSR count). The van der Waals surface area contributed by atoms with E-state index in [2.05, 4.69) is 5.32 Å². The van der Waals surface area contributed by atoms with E-state index >= 15 is 0 Å². The Kier molecular flexibility index (Phi) is 3.96. The molecule has 0 saturated carbocycles. The lowest BCUT2D eigenvalue weighted by molar-refractivity contribution is -0.120. The maximum atomic E-state index is 11.7. The zero-order chi connectivity index (χ0) is 13.1. The topological polar surface area (TPSA) is 73.6 Å². The highest BCUT2D eigenvalue weighted by Crippen LogP contribution is 2.29. The first-order chi connectivity index (χ1) is 7.88. The molecule has 0 aliphatic heterocycles. The monoisotopic (exact) mass is 238 g/mol. The van der Waals surface area contributed by atoms with Crippen molar-refractivity contribution in [2.45, 2.75) is 19.4 Å². The standard InChI is InChI=1S/C12H18N2O3/c1-12(2,13)11(15)14-9-6-5-8(16-3)7-10(9)17-4/h5-7H,13H2,1-4H3,(H,14,15). The summed E-state index contributed by atoms with van der Waals surface area (Å²) in [6, 6.07) is 5.14. The van der Waals surface area contributed by atoms with Crippen molar-refractivity contribution in [3.63, 3.8) is 0 Å². The Balaban J connectivity index is 2.95. The van der Waals surface area contributed by atoms with Crippen LogP contribution >= 0.6 is 0 Å². The highest BCUT2D eigenvalue weighted by Gasteiger charge is 2.22. The molecule has 0 heterocycles. The van der Waals surface area contributed by atoms with E-state index in [0.29, 0.717) is 17.2 Å². The molecule has 0 saturated heterocycles. The average molecular weight is 238 g/mol. The Morgan fingerprint density at radius 1 is 1.29 bits per heavy atom. The summed E-state index contributed by atoms with van der Waals surface area (Å²) in [6.07, 6.45) is 0. The number of carbonyl (C=O) groups excluding carboxylic acids is 1. The molecule has 0 aromatic heterocycles. The van der Waals surface area contributed by atoms with Gasteiger partial charge in [0.15, 0.2) is 0 Å². The molecule has 1 aromatic carbocycles. The van der Waals surface area contributed by atoms with Gasteiger partial charge in [0.25, 0.3) is 0 Å². The smallest absolute Gasteiger partial charge is 0.243 e. The van der Waals surface area contributed by atoms with Crippen molar-refractivity contribution >= 4 is 11.6 Å². The van der Waals surface area contributed by atoms with Crippen molar-refractivity contribution in [3.05, 3.63) is 18.2 Å². The first-order valence-electron chi connectivity index (χ1n) is 5.21. The van der Waals surface area contributed by atoms with Crippen LogP contribution in [0.1, 0.15) is 13.8 Å². The molecule has 3 N–H and O–H groups in total. The normalized spacial score (nSPS) is 10.9. The van der Waals surface area contributed by atoms with E-state index in [1.807, 2.05) is 0 Å². The largest absolute Gasteiger partial charge is 0.497 e. The molecule has 0 aliphatic rings. The molecule has 0 aliphatic carbocycles. The Morgan fingerprint density at radius 3 is 2.41 bits per heavy atom. The Bertz CT molecular complexity index is 411. The number of amides is 1. The van der Waals surface area contributed by atoms with Crippen LogP contribution in [0, 0.1) is 0 Å². The minimum Gasteiger partial charge on any atom is -0.497 e. The fourth-order valence-corrected chi connectivity index (χ4v) is 1.19. The fraction of sp³-hybridized carbons (Fsp3) is 0.417. The Hall–Kier alpha value is -1.75. The van der Waals surface area contributed by atoms with Gasteiger partial charge in [-0.3, -0.25) is 4.79 Å². The third-order valence-electron chi connectivity index (χ3n) is 2.24. The van der Waals surface area contributed by atoms with Gasteiger partial charge >= 0.3 is 0 Å². The van der Waals surface area contributed by atoms with Gasteiger partial charge in [0.05, 0.1) is 25.4 Å². The molecule has 0 unspecified atom stereocenters. The van der Waals surface area contributed by atoms with Gasteiger partial charge in [0, 0.05) is 6.07 Å². The first kappa shape index (κ1) is 13.3. The summed E-state index contributed by atoms with van der Waals surface area (Å²) in [5.41, 5.74) is 5.32. The minimum absolute atomic E-state index is 0.277. The number of hydrogen-bond donors (Lipinski definition) is 2. The number of anilines is 1. The number of nitrogens with two attached hydrogens (primary N) is 1.